The molecule has 1 atom stereocenters. The second kappa shape index (κ2) is 66.8. The van der Waals surface area contributed by atoms with Crippen LogP contribution in [0.1, 0.15) is 329 Å². The zero-order valence-corrected chi connectivity index (χ0v) is 52.1. The monoisotopic (exact) mass is 1100 g/mol. The van der Waals surface area contributed by atoms with Gasteiger partial charge in [-0.1, -0.05) is 291 Å². The molecule has 6 nitrogen and oxygen atoms in total. The van der Waals surface area contributed by atoms with E-state index in [0.29, 0.717) is 19.3 Å². The highest BCUT2D eigenvalue weighted by atomic mass is 16.6. The smallest absolute Gasteiger partial charge is 0.306 e. The molecule has 0 aromatic rings. The van der Waals surface area contributed by atoms with Gasteiger partial charge in [-0.3, -0.25) is 14.4 Å². The van der Waals surface area contributed by atoms with E-state index >= 15 is 0 Å². The third-order valence-corrected chi connectivity index (χ3v) is 14.5. The van der Waals surface area contributed by atoms with Crippen molar-refractivity contribution in [1.82, 2.24) is 0 Å². The van der Waals surface area contributed by atoms with Crippen molar-refractivity contribution in [3.05, 3.63) is 97.2 Å². The predicted molar refractivity (Wildman–Crippen MR) is 344 cm³/mol. The molecule has 0 fully saturated rings. The van der Waals surface area contributed by atoms with Gasteiger partial charge in [0.1, 0.15) is 13.2 Å². The minimum atomic E-state index is -0.792. The Bertz CT molecular complexity index is 1540. The first-order valence-electron chi connectivity index (χ1n) is 33.7. The maximum Gasteiger partial charge on any atom is 0.306 e. The summed E-state index contributed by atoms with van der Waals surface area (Å²) in [6.07, 6.45) is 90.1. The highest BCUT2D eigenvalue weighted by Gasteiger charge is 2.19. The molecule has 454 valence electrons. The van der Waals surface area contributed by atoms with Crippen LogP contribution in [0, 0.1) is 0 Å². The van der Waals surface area contributed by atoms with Crippen molar-refractivity contribution in [1.29, 1.82) is 0 Å². The Hall–Kier alpha value is -3.67. The lowest BCUT2D eigenvalue weighted by atomic mass is 10.0. The number of ether oxygens (including phenoxy) is 3. The first-order valence-corrected chi connectivity index (χ1v) is 33.7. The summed E-state index contributed by atoms with van der Waals surface area (Å²) in [7, 11) is 0. The molecule has 0 saturated heterocycles. The van der Waals surface area contributed by atoms with Crippen molar-refractivity contribution in [2.75, 3.05) is 13.2 Å². The number of esters is 3. The fraction of sp³-hybridized carbons (Fsp3) is 0.740. The highest BCUT2D eigenvalue weighted by Crippen LogP contribution is 2.17. The minimum absolute atomic E-state index is 0.0865. The molecule has 0 rings (SSSR count). The quantitative estimate of drug-likeness (QED) is 0.0261. The van der Waals surface area contributed by atoms with Crippen LogP contribution in [0.25, 0.3) is 0 Å². The van der Waals surface area contributed by atoms with Crippen LogP contribution < -0.4 is 0 Å². The Labute approximate surface area is 489 Å². The number of carbonyl (C=O) groups excluding carboxylic acids is 3. The van der Waals surface area contributed by atoms with Gasteiger partial charge < -0.3 is 14.2 Å². The largest absolute Gasteiger partial charge is 0.462 e. The van der Waals surface area contributed by atoms with Gasteiger partial charge in [0.2, 0.25) is 0 Å². The molecular formula is C73H126O6. The number of allylic oxidation sites excluding steroid dienone is 16. The average molecular weight is 1100 g/mol. The Morgan fingerprint density at radius 3 is 0.823 bits per heavy atom. The van der Waals surface area contributed by atoms with Crippen LogP contribution >= 0.6 is 0 Å². The molecule has 6 heteroatoms. The van der Waals surface area contributed by atoms with Crippen LogP contribution in [0.15, 0.2) is 97.2 Å². The molecule has 0 aliphatic heterocycles. The number of carbonyl (C=O) groups is 3. The molecule has 0 bridgehead atoms. The second-order valence-corrected chi connectivity index (χ2v) is 22.3. The molecule has 0 amide bonds. The zero-order chi connectivity index (χ0) is 57.1. The van der Waals surface area contributed by atoms with E-state index in [4.69, 9.17) is 14.2 Å². The lowest BCUT2D eigenvalue weighted by Crippen LogP contribution is -2.30. The zero-order valence-electron chi connectivity index (χ0n) is 52.1. The van der Waals surface area contributed by atoms with Crippen LogP contribution in [0.4, 0.5) is 0 Å². The summed E-state index contributed by atoms with van der Waals surface area (Å²) in [5, 5.41) is 0. The lowest BCUT2D eigenvalue weighted by molar-refractivity contribution is -0.167. The van der Waals surface area contributed by atoms with Gasteiger partial charge in [-0.05, 0) is 116 Å². The maximum absolute atomic E-state index is 12.9. The first kappa shape index (κ1) is 75.3. The normalized spacial score (nSPS) is 12.7. The van der Waals surface area contributed by atoms with Crippen LogP contribution in [-0.4, -0.2) is 37.2 Å². The molecule has 0 spiro atoms. The molecule has 1 unspecified atom stereocenters. The second-order valence-electron chi connectivity index (χ2n) is 22.3. The van der Waals surface area contributed by atoms with Crippen molar-refractivity contribution in [3.63, 3.8) is 0 Å². The third kappa shape index (κ3) is 65.0. The van der Waals surface area contributed by atoms with Crippen LogP contribution in [0.2, 0.25) is 0 Å². The minimum Gasteiger partial charge on any atom is -0.462 e. The third-order valence-electron chi connectivity index (χ3n) is 14.5. The Kier molecular flexibility index (Phi) is 63.7. The van der Waals surface area contributed by atoms with Gasteiger partial charge in [-0.25, -0.2) is 0 Å². The molecule has 0 aromatic carbocycles. The van der Waals surface area contributed by atoms with E-state index in [0.717, 1.165) is 122 Å². The first-order chi connectivity index (χ1) is 39.0. The predicted octanol–water partition coefficient (Wildman–Crippen LogP) is 23.2. The SMILES string of the molecule is CC/C=C\C/C=C\C/C=C\C/C=C\C/C=C\CCCCCCCC(=O)OC(COC(=O)CCCCCCC/C=C\CCCC)COC(=O)CCCCCCCCCCCCCCCCCCC/C=C\C/C=C\CCCCCCC. The highest BCUT2D eigenvalue weighted by molar-refractivity contribution is 5.71. The van der Waals surface area contributed by atoms with Gasteiger partial charge in [0.05, 0.1) is 0 Å². The summed E-state index contributed by atoms with van der Waals surface area (Å²) >= 11 is 0. The molecule has 0 aliphatic rings. The van der Waals surface area contributed by atoms with Crippen LogP contribution in [-0.2, 0) is 28.6 Å². The number of rotatable bonds is 61. The van der Waals surface area contributed by atoms with Crippen LogP contribution in [0.5, 0.6) is 0 Å². The molecule has 0 aliphatic carbocycles. The standard InChI is InChI=1S/C73H126O6/c1-4-7-10-13-16-19-22-24-26-28-30-32-33-34-35-36-37-38-39-41-42-44-46-48-51-54-57-60-63-66-72(75)78-69-70(68-77-71(74)65-62-59-56-53-50-21-18-15-12-9-6-3)79-73(76)67-64-61-58-55-52-49-47-45-43-40-31-29-27-25-23-20-17-14-11-8-5-2/h8,11,15,17-18,20,22,24-25,27-28,30-31,40,45,47,70H,4-7,9-10,12-14,16,19,21,23,26,29,32-39,41-44,46,48-69H2,1-3H3/b11-8-,18-15-,20-17-,24-22-,27-25-,30-28-,40-31-,47-45-. The van der Waals surface area contributed by atoms with Gasteiger partial charge >= 0.3 is 17.9 Å². The number of unbranched alkanes of at least 4 members (excludes halogenated alkanes) is 34. The fourth-order valence-corrected chi connectivity index (χ4v) is 9.48. The molecule has 0 heterocycles. The number of hydrogen-bond donors (Lipinski definition) is 0. The van der Waals surface area contributed by atoms with E-state index in [-0.39, 0.29) is 31.1 Å². The summed E-state index contributed by atoms with van der Waals surface area (Å²) in [5.74, 6) is -0.905. The van der Waals surface area contributed by atoms with Crippen molar-refractivity contribution < 1.29 is 28.6 Å². The van der Waals surface area contributed by atoms with Gasteiger partial charge in [-0.15, -0.1) is 0 Å². The fourth-order valence-electron chi connectivity index (χ4n) is 9.48. The van der Waals surface area contributed by atoms with Crippen molar-refractivity contribution in [2.45, 2.75) is 335 Å². The molecule has 0 saturated carbocycles. The van der Waals surface area contributed by atoms with Gasteiger partial charge in [0, 0.05) is 19.3 Å². The number of hydrogen-bond acceptors (Lipinski definition) is 6. The Balaban J connectivity index is 4.23. The van der Waals surface area contributed by atoms with Gasteiger partial charge in [-0.2, -0.15) is 0 Å². The Morgan fingerprint density at radius 1 is 0.266 bits per heavy atom. The molecule has 79 heavy (non-hydrogen) atoms. The van der Waals surface area contributed by atoms with Crippen molar-refractivity contribution in [3.8, 4) is 0 Å². The lowest BCUT2D eigenvalue weighted by Gasteiger charge is -2.18. The topological polar surface area (TPSA) is 78.9 Å². The van der Waals surface area contributed by atoms with Crippen molar-refractivity contribution >= 4 is 17.9 Å². The van der Waals surface area contributed by atoms with Gasteiger partial charge in [0.25, 0.3) is 0 Å². The van der Waals surface area contributed by atoms with E-state index in [1.807, 2.05) is 0 Å². The van der Waals surface area contributed by atoms with Crippen LogP contribution in [0.3, 0.4) is 0 Å². The summed E-state index contributed by atoms with van der Waals surface area (Å²) in [4.78, 5) is 38.3. The van der Waals surface area contributed by atoms with E-state index in [2.05, 4.69) is 118 Å². The van der Waals surface area contributed by atoms with E-state index in [1.54, 1.807) is 0 Å². The van der Waals surface area contributed by atoms with Crippen molar-refractivity contribution in [2.24, 2.45) is 0 Å². The summed E-state index contributed by atoms with van der Waals surface area (Å²) < 4.78 is 16.9. The van der Waals surface area contributed by atoms with Gasteiger partial charge in [0.15, 0.2) is 6.10 Å². The Morgan fingerprint density at radius 2 is 0.506 bits per heavy atom. The van der Waals surface area contributed by atoms with E-state index < -0.39 is 6.10 Å². The summed E-state index contributed by atoms with van der Waals surface area (Å²) in [6, 6.07) is 0. The summed E-state index contributed by atoms with van der Waals surface area (Å²) in [5.41, 5.74) is 0. The molecule has 0 radical (unpaired) electrons. The van der Waals surface area contributed by atoms with E-state index in [9.17, 15) is 14.4 Å². The molecule has 0 N–H and O–H groups in total. The molecular weight excluding hydrogens is 973 g/mol. The maximum atomic E-state index is 12.9. The molecule has 0 aromatic heterocycles. The summed E-state index contributed by atoms with van der Waals surface area (Å²) in [6.45, 7) is 6.48. The average Bonchev–Trinajstić information content (AvgIpc) is 3.45. The van der Waals surface area contributed by atoms with E-state index in [1.165, 1.54) is 167 Å².